The molecule has 0 radical (unpaired) electrons. The van der Waals surface area contributed by atoms with E-state index in [2.05, 4.69) is 5.32 Å². The lowest BCUT2D eigenvalue weighted by Crippen LogP contribution is -2.46. The molecule has 2 amide bonds. The molecular formula is C17H24N2O3. The fourth-order valence-electron chi connectivity index (χ4n) is 2.95. The zero-order valence-corrected chi connectivity index (χ0v) is 13.5. The Balaban J connectivity index is 2.26. The van der Waals surface area contributed by atoms with Crippen molar-refractivity contribution in [1.82, 2.24) is 10.2 Å². The average Bonchev–Trinajstić information content (AvgIpc) is 2.55. The molecule has 5 nitrogen and oxygen atoms in total. The van der Waals surface area contributed by atoms with Crippen molar-refractivity contribution < 1.29 is 14.3 Å². The van der Waals surface area contributed by atoms with Crippen LogP contribution < -0.4 is 10.1 Å². The molecule has 0 aromatic heterocycles. The van der Waals surface area contributed by atoms with Gasteiger partial charge in [-0.05, 0) is 30.5 Å². The molecule has 120 valence electrons. The highest BCUT2D eigenvalue weighted by Crippen LogP contribution is 2.36. The number of ether oxygens (including phenoxy) is 1. The van der Waals surface area contributed by atoms with Gasteiger partial charge >= 0.3 is 0 Å². The lowest BCUT2D eigenvalue weighted by molar-refractivity contribution is -0.141. The largest absolute Gasteiger partial charge is 0.497 e. The Labute approximate surface area is 131 Å². The molecule has 1 aromatic carbocycles. The van der Waals surface area contributed by atoms with E-state index in [-0.39, 0.29) is 23.8 Å². The Bertz CT molecular complexity index is 527. The number of hydrogen-bond donors (Lipinski definition) is 1. The molecule has 0 unspecified atom stereocenters. The fraction of sp³-hybridized carbons (Fsp3) is 0.529. The van der Waals surface area contributed by atoms with Gasteiger partial charge in [-0.15, -0.1) is 0 Å². The first-order chi connectivity index (χ1) is 10.6. The minimum Gasteiger partial charge on any atom is -0.497 e. The fourth-order valence-corrected chi connectivity index (χ4v) is 2.95. The van der Waals surface area contributed by atoms with Crippen LogP contribution in [0, 0.1) is 5.92 Å². The van der Waals surface area contributed by atoms with Gasteiger partial charge in [-0.1, -0.05) is 19.1 Å². The topological polar surface area (TPSA) is 58.6 Å². The summed E-state index contributed by atoms with van der Waals surface area (Å²) < 4.78 is 5.17. The molecule has 1 N–H and O–H groups in total. The van der Waals surface area contributed by atoms with Crippen LogP contribution in [0.3, 0.4) is 0 Å². The molecular weight excluding hydrogens is 280 g/mol. The van der Waals surface area contributed by atoms with Crippen LogP contribution in [0.1, 0.15) is 37.8 Å². The molecule has 1 fully saturated rings. The van der Waals surface area contributed by atoms with Gasteiger partial charge in [0, 0.05) is 20.0 Å². The molecule has 22 heavy (non-hydrogen) atoms. The second-order valence-electron chi connectivity index (χ2n) is 5.66. The maximum absolute atomic E-state index is 12.4. The Morgan fingerprint density at radius 3 is 2.64 bits per heavy atom. The molecule has 0 bridgehead atoms. The summed E-state index contributed by atoms with van der Waals surface area (Å²) in [6, 6.07) is 7.37. The molecule has 1 aromatic rings. The van der Waals surface area contributed by atoms with Gasteiger partial charge in [-0.2, -0.15) is 0 Å². The van der Waals surface area contributed by atoms with Crippen molar-refractivity contribution in [2.75, 3.05) is 20.7 Å². The van der Waals surface area contributed by atoms with Gasteiger partial charge in [0.15, 0.2) is 0 Å². The van der Waals surface area contributed by atoms with Crippen molar-refractivity contribution in [3.63, 3.8) is 0 Å². The summed E-state index contributed by atoms with van der Waals surface area (Å²) in [4.78, 5) is 26.2. The zero-order chi connectivity index (χ0) is 16.1. The number of piperidine rings is 1. The number of amides is 2. The van der Waals surface area contributed by atoms with Gasteiger partial charge in [0.2, 0.25) is 11.8 Å². The summed E-state index contributed by atoms with van der Waals surface area (Å²) in [5, 5.41) is 2.96. The highest BCUT2D eigenvalue weighted by Gasteiger charge is 2.38. The van der Waals surface area contributed by atoms with E-state index in [0.29, 0.717) is 19.4 Å². The van der Waals surface area contributed by atoms with Crippen molar-refractivity contribution in [2.45, 2.75) is 32.2 Å². The van der Waals surface area contributed by atoms with Gasteiger partial charge in [-0.25, -0.2) is 0 Å². The van der Waals surface area contributed by atoms with Crippen molar-refractivity contribution >= 4 is 11.8 Å². The van der Waals surface area contributed by atoms with Crippen LogP contribution in [0.15, 0.2) is 24.3 Å². The van der Waals surface area contributed by atoms with E-state index in [9.17, 15) is 9.59 Å². The first kappa shape index (κ1) is 16.3. The molecule has 1 saturated heterocycles. The maximum Gasteiger partial charge on any atom is 0.225 e. The van der Waals surface area contributed by atoms with E-state index in [0.717, 1.165) is 17.7 Å². The summed E-state index contributed by atoms with van der Waals surface area (Å²) in [5.74, 6) is 0.672. The van der Waals surface area contributed by atoms with Gasteiger partial charge in [0.1, 0.15) is 5.75 Å². The monoisotopic (exact) mass is 304 g/mol. The minimum absolute atomic E-state index is 0.0296. The van der Waals surface area contributed by atoms with Crippen molar-refractivity contribution in [3.05, 3.63) is 29.8 Å². The molecule has 2 atom stereocenters. The van der Waals surface area contributed by atoms with Crippen LogP contribution in [-0.4, -0.2) is 37.4 Å². The number of nitrogens with one attached hydrogen (secondary N) is 1. The molecule has 1 aliphatic heterocycles. The van der Waals surface area contributed by atoms with Crippen LogP contribution in [0.5, 0.6) is 5.75 Å². The number of carbonyl (C=O) groups is 2. The highest BCUT2D eigenvalue weighted by molar-refractivity contribution is 5.84. The van der Waals surface area contributed by atoms with E-state index in [1.165, 1.54) is 0 Å². The van der Waals surface area contributed by atoms with E-state index in [1.54, 1.807) is 19.1 Å². The summed E-state index contributed by atoms with van der Waals surface area (Å²) in [6.07, 6.45) is 1.92. The van der Waals surface area contributed by atoms with E-state index in [1.807, 2.05) is 31.2 Å². The van der Waals surface area contributed by atoms with Crippen molar-refractivity contribution in [1.29, 1.82) is 0 Å². The molecule has 1 aliphatic rings. The minimum atomic E-state index is -0.219. The molecule has 0 spiro atoms. The van der Waals surface area contributed by atoms with Crippen molar-refractivity contribution in [3.8, 4) is 5.75 Å². The lowest BCUT2D eigenvalue weighted by atomic mass is 9.84. The van der Waals surface area contributed by atoms with Gasteiger partial charge < -0.3 is 15.0 Å². The third-order valence-electron chi connectivity index (χ3n) is 4.20. The SMILES string of the molecule is CCCNC(=O)[C@@H]1CCC(=O)N(C)[C@H]1c1ccc(OC)cc1. The standard InChI is InChI=1S/C17H24N2O3/c1-4-11-18-17(21)14-9-10-15(20)19(2)16(14)12-5-7-13(22-3)8-6-12/h5-8,14,16H,4,9-11H2,1-3H3,(H,18,21)/t14-,16+/m1/s1. The Hall–Kier alpha value is -2.04. The second kappa shape index (κ2) is 7.29. The number of rotatable bonds is 5. The van der Waals surface area contributed by atoms with E-state index >= 15 is 0 Å². The molecule has 0 saturated carbocycles. The van der Waals surface area contributed by atoms with E-state index < -0.39 is 0 Å². The van der Waals surface area contributed by atoms with Crippen LogP contribution in [-0.2, 0) is 9.59 Å². The first-order valence-corrected chi connectivity index (χ1v) is 7.75. The van der Waals surface area contributed by atoms with E-state index in [4.69, 9.17) is 4.74 Å². The summed E-state index contributed by atoms with van der Waals surface area (Å²) in [5.41, 5.74) is 0.966. The Kier molecular flexibility index (Phi) is 5.41. The van der Waals surface area contributed by atoms with Crippen LogP contribution in [0.25, 0.3) is 0 Å². The Morgan fingerprint density at radius 2 is 2.05 bits per heavy atom. The smallest absolute Gasteiger partial charge is 0.225 e. The normalized spacial score (nSPS) is 21.6. The van der Waals surface area contributed by atoms with Gasteiger partial charge in [-0.3, -0.25) is 9.59 Å². The van der Waals surface area contributed by atoms with Gasteiger partial charge in [0.05, 0.1) is 19.1 Å². The molecule has 2 rings (SSSR count). The number of benzene rings is 1. The van der Waals surface area contributed by atoms with Crippen LogP contribution in [0.4, 0.5) is 0 Å². The summed E-state index contributed by atoms with van der Waals surface area (Å²) >= 11 is 0. The predicted molar refractivity (Wildman–Crippen MR) is 84.5 cm³/mol. The quantitative estimate of drug-likeness (QED) is 0.906. The number of hydrogen-bond acceptors (Lipinski definition) is 3. The third-order valence-corrected chi connectivity index (χ3v) is 4.20. The molecule has 0 aliphatic carbocycles. The second-order valence-corrected chi connectivity index (χ2v) is 5.66. The van der Waals surface area contributed by atoms with Gasteiger partial charge in [0.25, 0.3) is 0 Å². The van der Waals surface area contributed by atoms with Crippen LogP contribution >= 0.6 is 0 Å². The number of nitrogens with zero attached hydrogens (tertiary/aromatic N) is 1. The molecule has 5 heteroatoms. The zero-order valence-electron chi connectivity index (χ0n) is 13.5. The first-order valence-electron chi connectivity index (χ1n) is 7.75. The third kappa shape index (κ3) is 3.40. The Morgan fingerprint density at radius 1 is 1.36 bits per heavy atom. The summed E-state index contributed by atoms with van der Waals surface area (Å²) in [7, 11) is 3.39. The molecule has 1 heterocycles. The number of carbonyl (C=O) groups excluding carboxylic acids is 2. The number of methoxy groups -OCH3 is 1. The predicted octanol–water partition coefficient (Wildman–Crippen LogP) is 2.13. The lowest BCUT2D eigenvalue weighted by Gasteiger charge is -2.38. The maximum atomic E-state index is 12.4. The van der Waals surface area contributed by atoms with Crippen molar-refractivity contribution in [2.24, 2.45) is 5.92 Å². The summed E-state index contributed by atoms with van der Waals surface area (Å²) in [6.45, 7) is 2.69. The average molecular weight is 304 g/mol. The van der Waals surface area contributed by atoms with Crippen LogP contribution in [0.2, 0.25) is 0 Å². The number of likely N-dealkylation sites (tertiary alicyclic amines) is 1. The highest BCUT2D eigenvalue weighted by atomic mass is 16.5.